The summed E-state index contributed by atoms with van der Waals surface area (Å²) in [7, 11) is 1.09. The van der Waals surface area contributed by atoms with E-state index in [0.717, 1.165) is 7.11 Å². The lowest BCUT2D eigenvalue weighted by molar-refractivity contribution is -0.431. The number of hydrogen-bond acceptors (Lipinski definition) is 6. The zero-order valence-corrected chi connectivity index (χ0v) is 15.8. The summed E-state index contributed by atoms with van der Waals surface area (Å²) in [6.45, 7) is 3.51. The number of nitro groups is 1. The number of nitrogens with zero attached hydrogens (tertiary/aromatic N) is 1. The minimum Gasteiger partial charge on any atom is -0.466 e. The van der Waals surface area contributed by atoms with Crippen LogP contribution < -0.4 is 4.74 Å². The highest BCUT2D eigenvalue weighted by molar-refractivity contribution is 9.10. The first-order valence-electron chi connectivity index (χ1n) is 7.82. The van der Waals surface area contributed by atoms with Crippen molar-refractivity contribution in [3.8, 4) is 5.75 Å². The molecule has 0 saturated carbocycles. The predicted octanol–water partition coefficient (Wildman–Crippen LogP) is 3.51. The third-order valence-electron chi connectivity index (χ3n) is 4.38. The molecule has 7 nitrogen and oxygen atoms in total. The summed E-state index contributed by atoms with van der Waals surface area (Å²) >= 11 is 3.30. The van der Waals surface area contributed by atoms with E-state index in [2.05, 4.69) is 22.5 Å². The van der Waals surface area contributed by atoms with Crippen LogP contribution in [-0.4, -0.2) is 29.4 Å². The van der Waals surface area contributed by atoms with Gasteiger partial charge >= 0.3 is 5.97 Å². The van der Waals surface area contributed by atoms with Crippen molar-refractivity contribution in [1.82, 2.24) is 0 Å². The van der Waals surface area contributed by atoms with Crippen LogP contribution in [0.3, 0.4) is 0 Å². The maximum atomic E-state index is 13.2. The van der Waals surface area contributed by atoms with Crippen molar-refractivity contribution in [2.24, 2.45) is 0 Å². The van der Waals surface area contributed by atoms with E-state index in [1.807, 2.05) is 0 Å². The third-order valence-corrected chi connectivity index (χ3v) is 4.88. The Balaban J connectivity index is 2.29. The first-order valence-corrected chi connectivity index (χ1v) is 8.62. The molecule has 0 radical (unpaired) electrons. The van der Waals surface area contributed by atoms with Crippen LogP contribution in [0.5, 0.6) is 5.75 Å². The van der Waals surface area contributed by atoms with Gasteiger partial charge in [-0.1, -0.05) is 40.2 Å². The molecule has 1 aliphatic heterocycles. The number of ketones is 1. The van der Waals surface area contributed by atoms with Crippen LogP contribution >= 0.6 is 15.9 Å². The van der Waals surface area contributed by atoms with Crippen LogP contribution in [0.15, 0.2) is 65.3 Å². The second kappa shape index (κ2) is 6.96. The molecular formula is C19H14BrNO6. The topological polar surface area (TPSA) is 95.7 Å². The Bertz CT molecular complexity index is 972. The summed E-state index contributed by atoms with van der Waals surface area (Å²) in [6.07, 6.45) is 0. The minimum atomic E-state index is -2.27. The van der Waals surface area contributed by atoms with Gasteiger partial charge in [-0.05, 0) is 36.4 Å². The number of para-hydroxylation sites is 1. The molecule has 8 heteroatoms. The number of ether oxygens (including phenoxy) is 2. The molecule has 0 N–H and O–H groups in total. The van der Waals surface area contributed by atoms with Gasteiger partial charge in [-0.15, -0.1) is 0 Å². The monoisotopic (exact) mass is 431 g/mol. The molecule has 0 aliphatic carbocycles. The van der Waals surface area contributed by atoms with Gasteiger partial charge in [0.2, 0.25) is 5.78 Å². The van der Waals surface area contributed by atoms with E-state index in [1.165, 1.54) is 12.1 Å². The van der Waals surface area contributed by atoms with Crippen molar-refractivity contribution in [3.63, 3.8) is 0 Å². The van der Waals surface area contributed by atoms with Gasteiger partial charge in [0.15, 0.2) is 0 Å². The summed E-state index contributed by atoms with van der Waals surface area (Å²) in [5, 5.41) is 11.6. The highest BCUT2D eigenvalue weighted by Gasteiger charge is 2.64. The lowest BCUT2D eigenvalue weighted by atomic mass is 9.76. The summed E-state index contributed by atoms with van der Waals surface area (Å²) in [5.41, 5.74) is -2.36. The number of fused-ring (bicyclic) bond motifs is 1. The Labute approximate surface area is 162 Å². The highest BCUT2D eigenvalue weighted by Crippen LogP contribution is 2.47. The largest absolute Gasteiger partial charge is 0.466 e. The van der Waals surface area contributed by atoms with Gasteiger partial charge in [0, 0.05) is 4.47 Å². The molecule has 1 heterocycles. The Morgan fingerprint density at radius 1 is 1.30 bits per heavy atom. The number of halogens is 1. The Hall–Kier alpha value is -3.00. The van der Waals surface area contributed by atoms with Gasteiger partial charge in [0.05, 0.1) is 17.6 Å². The van der Waals surface area contributed by atoms with Crippen LogP contribution in [0.1, 0.15) is 21.8 Å². The van der Waals surface area contributed by atoms with Gasteiger partial charge in [0.25, 0.3) is 11.3 Å². The number of Topliss-reactive ketones (excluding diaryl/α,β-unsaturated/α-hetero) is 1. The van der Waals surface area contributed by atoms with E-state index in [9.17, 15) is 19.7 Å². The van der Waals surface area contributed by atoms with E-state index in [-0.39, 0.29) is 11.3 Å². The molecule has 0 unspecified atom stereocenters. The lowest BCUT2D eigenvalue weighted by Crippen LogP contribution is -2.54. The van der Waals surface area contributed by atoms with Crippen molar-refractivity contribution in [3.05, 3.63) is 86.5 Å². The maximum absolute atomic E-state index is 13.2. The SMILES string of the molecule is C=C([C@H](c1cccc(Br)c1)[C@@]1(C(=O)OC)Oc2ccccc2C1=O)[N+](=O)[O-]. The average molecular weight is 432 g/mol. The molecule has 0 amide bonds. The third kappa shape index (κ3) is 2.91. The summed E-state index contributed by atoms with van der Waals surface area (Å²) in [6, 6.07) is 12.8. The fourth-order valence-corrected chi connectivity index (χ4v) is 3.63. The van der Waals surface area contributed by atoms with E-state index in [0.29, 0.717) is 10.0 Å². The van der Waals surface area contributed by atoms with E-state index >= 15 is 0 Å². The molecule has 27 heavy (non-hydrogen) atoms. The molecule has 2 aromatic rings. The predicted molar refractivity (Wildman–Crippen MR) is 99.2 cm³/mol. The summed E-state index contributed by atoms with van der Waals surface area (Å²) in [5.74, 6) is -2.98. The zero-order chi connectivity index (χ0) is 19.8. The molecule has 0 fully saturated rings. The zero-order valence-electron chi connectivity index (χ0n) is 14.2. The van der Waals surface area contributed by atoms with Crippen molar-refractivity contribution in [2.45, 2.75) is 11.5 Å². The quantitative estimate of drug-likeness (QED) is 0.311. The number of rotatable bonds is 5. The van der Waals surface area contributed by atoms with Gasteiger partial charge in [-0.3, -0.25) is 14.9 Å². The lowest BCUT2D eigenvalue weighted by Gasteiger charge is -2.31. The minimum absolute atomic E-state index is 0.152. The van der Waals surface area contributed by atoms with Crippen molar-refractivity contribution in [1.29, 1.82) is 0 Å². The number of methoxy groups -OCH3 is 1. The first kappa shape index (κ1) is 18.8. The molecule has 138 valence electrons. The van der Waals surface area contributed by atoms with Crippen LogP contribution in [0.2, 0.25) is 0 Å². The number of carbonyl (C=O) groups excluding carboxylic acids is 2. The van der Waals surface area contributed by atoms with E-state index in [1.54, 1.807) is 36.4 Å². The van der Waals surface area contributed by atoms with Crippen LogP contribution in [-0.2, 0) is 9.53 Å². The number of benzene rings is 2. The number of hydrogen-bond donors (Lipinski definition) is 0. The molecular weight excluding hydrogens is 418 g/mol. The van der Waals surface area contributed by atoms with Gasteiger partial charge in [-0.2, -0.15) is 0 Å². The van der Waals surface area contributed by atoms with Crippen LogP contribution in [0, 0.1) is 10.1 Å². The first-order chi connectivity index (χ1) is 12.8. The van der Waals surface area contributed by atoms with Gasteiger partial charge in [-0.25, -0.2) is 4.79 Å². The van der Waals surface area contributed by atoms with Gasteiger partial charge < -0.3 is 9.47 Å². The van der Waals surface area contributed by atoms with Crippen molar-refractivity contribution >= 4 is 27.7 Å². The summed E-state index contributed by atoms with van der Waals surface area (Å²) < 4.78 is 11.2. The fourth-order valence-electron chi connectivity index (χ4n) is 3.21. The molecule has 0 aromatic heterocycles. The molecule has 2 aromatic carbocycles. The molecule has 0 saturated heterocycles. The maximum Gasteiger partial charge on any atom is 0.359 e. The van der Waals surface area contributed by atoms with Crippen molar-refractivity contribution < 1.29 is 24.0 Å². The second-order valence-corrected chi connectivity index (χ2v) is 6.81. The smallest absolute Gasteiger partial charge is 0.359 e. The number of carbonyl (C=O) groups is 2. The molecule has 0 spiro atoms. The fraction of sp³-hybridized carbons (Fsp3) is 0.158. The highest BCUT2D eigenvalue weighted by atomic mass is 79.9. The van der Waals surface area contributed by atoms with Gasteiger partial charge in [0.1, 0.15) is 11.7 Å². The molecule has 0 bridgehead atoms. The Morgan fingerprint density at radius 2 is 2.00 bits per heavy atom. The molecule has 2 atom stereocenters. The van der Waals surface area contributed by atoms with E-state index < -0.39 is 33.9 Å². The molecule has 3 rings (SSSR count). The summed E-state index contributed by atoms with van der Waals surface area (Å²) in [4.78, 5) is 36.9. The Morgan fingerprint density at radius 3 is 2.59 bits per heavy atom. The van der Waals surface area contributed by atoms with Crippen LogP contribution in [0.4, 0.5) is 0 Å². The van der Waals surface area contributed by atoms with E-state index in [4.69, 9.17) is 9.47 Å². The van der Waals surface area contributed by atoms with Crippen LogP contribution in [0.25, 0.3) is 0 Å². The van der Waals surface area contributed by atoms with Crippen molar-refractivity contribution in [2.75, 3.05) is 7.11 Å². The molecule has 1 aliphatic rings. The average Bonchev–Trinajstić information content (AvgIpc) is 2.95. The number of esters is 1. The normalized spacial score (nSPS) is 19.0. The Kier molecular flexibility index (Phi) is 4.84. The standard InChI is InChI=1S/C19H14BrNO6/c1-11(21(24)25)16(12-6-5-7-13(20)10-12)19(18(23)26-2)17(22)14-8-3-4-9-15(14)27-19/h3-10,16H,1H2,2H3/t16-,19-/m1/s1. The second-order valence-electron chi connectivity index (χ2n) is 5.89.